The Hall–Kier alpha value is -2.10. The van der Waals surface area contributed by atoms with Crippen LogP contribution in [0.4, 0.5) is 5.69 Å². The molecule has 36 heavy (non-hydrogen) atoms. The van der Waals surface area contributed by atoms with Gasteiger partial charge in [0.05, 0.1) is 23.2 Å². The molecule has 194 valence electrons. The van der Waals surface area contributed by atoms with Crippen molar-refractivity contribution in [2.45, 2.75) is 41.1 Å². The molecule has 7 nitrogen and oxygen atoms in total. The van der Waals surface area contributed by atoms with Crippen molar-refractivity contribution in [3.05, 3.63) is 54.6 Å². The molecule has 0 aliphatic carbocycles. The number of aliphatic hydroxyl groups is 1. The number of aryl methyl sites for hydroxylation is 2. The first kappa shape index (κ1) is 26.9. The minimum absolute atomic E-state index is 0.00410. The number of hydrogen-bond acceptors (Lipinski definition) is 5. The number of likely N-dealkylation sites (N-methyl/N-ethyl adjacent to an activating group) is 1. The van der Waals surface area contributed by atoms with Crippen LogP contribution in [0.3, 0.4) is 0 Å². The lowest BCUT2D eigenvalue weighted by molar-refractivity contribution is -0.143. The first-order valence-corrected chi connectivity index (χ1v) is 14.0. The lowest BCUT2D eigenvalue weighted by atomic mass is 9.70. The van der Waals surface area contributed by atoms with Crippen LogP contribution in [0.25, 0.3) is 0 Å². The molecule has 0 radical (unpaired) electrons. The number of aliphatic hydroxyl groups excluding tert-OH is 1. The summed E-state index contributed by atoms with van der Waals surface area (Å²) < 4.78 is -0.755. The molecular formula is C27H34BrN3O4S. The second-order valence-electron chi connectivity index (χ2n) is 9.95. The second-order valence-corrected chi connectivity index (χ2v) is 12.7. The monoisotopic (exact) mass is 575 g/mol. The fourth-order valence-corrected chi connectivity index (χ4v) is 9.77. The standard InChI is InChI=1S/C27H34BrN3O4S/c1-6-10-29(5)24(33)20-21-25(34)31(12-13-32)23(27(21)15-18(28)22(20)36-27)26(35)30(11-7-2)19-14-16(3)8-9-17(19)4/h6-9,14,18,20-23,32H,1-2,10-13,15H2,3-5H3/t18?,20-,21+,22-,23?,27?/m1/s1. The molecule has 3 aliphatic heterocycles. The van der Waals surface area contributed by atoms with E-state index in [4.69, 9.17) is 0 Å². The Morgan fingerprint density at radius 2 is 1.94 bits per heavy atom. The molecule has 4 rings (SSSR count). The van der Waals surface area contributed by atoms with E-state index in [0.29, 0.717) is 13.0 Å². The molecule has 1 spiro atoms. The molecule has 3 heterocycles. The van der Waals surface area contributed by atoms with Gasteiger partial charge in [0.15, 0.2) is 0 Å². The van der Waals surface area contributed by atoms with Crippen LogP contribution in [0.1, 0.15) is 17.5 Å². The fourth-order valence-electron chi connectivity index (χ4n) is 6.17. The van der Waals surface area contributed by atoms with Crippen LogP contribution in [0.5, 0.6) is 0 Å². The summed E-state index contributed by atoms with van der Waals surface area (Å²) in [6.07, 6.45) is 3.95. The number of anilines is 1. The zero-order chi connectivity index (χ0) is 26.4. The molecular weight excluding hydrogens is 542 g/mol. The van der Waals surface area contributed by atoms with Crippen LogP contribution in [-0.2, 0) is 14.4 Å². The topological polar surface area (TPSA) is 81.2 Å². The van der Waals surface area contributed by atoms with Crippen molar-refractivity contribution in [2.24, 2.45) is 11.8 Å². The zero-order valence-corrected chi connectivity index (χ0v) is 23.4. The fraction of sp³-hybridized carbons (Fsp3) is 0.519. The zero-order valence-electron chi connectivity index (χ0n) is 21.0. The van der Waals surface area contributed by atoms with E-state index in [-0.39, 0.29) is 47.5 Å². The number of nitrogens with zero attached hydrogens (tertiary/aromatic N) is 3. The third kappa shape index (κ3) is 4.13. The average molecular weight is 577 g/mol. The average Bonchev–Trinajstić information content (AvgIpc) is 3.42. The number of rotatable bonds is 9. The minimum Gasteiger partial charge on any atom is -0.395 e. The van der Waals surface area contributed by atoms with Gasteiger partial charge in [0.25, 0.3) is 5.91 Å². The van der Waals surface area contributed by atoms with E-state index >= 15 is 0 Å². The van der Waals surface area contributed by atoms with Gasteiger partial charge in [-0.2, -0.15) is 0 Å². The molecule has 6 atom stereocenters. The highest BCUT2D eigenvalue weighted by atomic mass is 79.9. The van der Waals surface area contributed by atoms with E-state index in [0.717, 1.165) is 16.8 Å². The summed E-state index contributed by atoms with van der Waals surface area (Å²) in [5.74, 6) is -1.69. The number of carbonyl (C=O) groups is 3. The third-order valence-electron chi connectivity index (χ3n) is 7.66. The van der Waals surface area contributed by atoms with Gasteiger partial charge >= 0.3 is 0 Å². The largest absolute Gasteiger partial charge is 0.395 e. The van der Waals surface area contributed by atoms with Gasteiger partial charge in [-0.3, -0.25) is 14.4 Å². The highest BCUT2D eigenvalue weighted by Gasteiger charge is 2.76. The number of likely N-dealkylation sites (tertiary alicyclic amines) is 1. The lowest BCUT2D eigenvalue weighted by Gasteiger charge is -2.38. The van der Waals surface area contributed by atoms with Crippen LogP contribution < -0.4 is 4.90 Å². The van der Waals surface area contributed by atoms with E-state index in [1.165, 1.54) is 4.90 Å². The normalized spacial score (nSPS) is 30.3. The van der Waals surface area contributed by atoms with Crippen molar-refractivity contribution in [2.75, 3.05) is 38.2 Å². The van der Waals surface area contributed by atoms with E-state index in [1.807, 2.05) is 32.0 Å². The third-order valence-corrected chi connectivity index (χ3v) is 10.9. The van der Waals surface area contributed by atoms with Crippen molar-refractivity contribution >= 4 is 51.1 Å². The summed E-state index contributed by atoms with van der Waals surface area (Å²) in [7, 11) is 1.72. The molecule has 1 aromatic rings. The molecule has 1 aromatic carbocycles. The summed E-state index contributed by atoms with van der Waals surface area (Å²) in [6, 6.07) is 5.16. The number of halogens is 1. The molecule has 0 aromatic heterocycles. The van der Waals surface area contributed by atoms with Gasteiger partial charge in [-0.15, -0.1) is 24.9 Å². The van der Waals surface area contributed by atoms with Gasteiger partial charge in [-0.05, 0) is 37.5 Å². The number of fused-ring (bicyclic) bond motifs is 1. The number of hydrogen-bond donors (Lipinski definition) is 1. The van der Waals surface area contributed by atoms with Crippen LogP contribution in [0.2, 0.25) is 0 Å². The Morgan fingerprint density at radius 3 is 2.58 bits per heavy atom. The molecule has 2 bridgehead atoms. The Kier molecular flexibility index (Phi) is 7.74. The molecule has 3 saturated heterocycles. The quantitative estimate of drug-likeness (QED) is 0.361. The van der Waals surface area contributed by atoms with Crippen LogP contribution in [0.15, 0.2) is 43.5 Å². The van der Waals surface area contributed by atoms with Crippen LogP contribution >= 0.6 is 27.7 Å². The molecule has 9 heteroatoms. The van der Waals surface area contributed by atoms with E-state index in [9.17, 15) is 19.5 Å². The summed E-state index contributed by atoms with van der Waals surface area (Å²) in [5.41, 5.74) is 2.75. The van der Waals surface area contributed by atoms with Crippen molar-refractivity contribution in [3.63, 3.8) is 0 Å². The minimum atomic E-state index is -0.792. The van der Waals surface area contributed by atoms with Crippen LogP contribution in [0, 0.1) is 25.7 Å². The molecule has 3 amide bonds. The molecule has 3 aliphatic rings. The number of benzene rings is 1. The second kappa shape index (κ2) is 10.3. The first-order chi connectivity index (χ1) is 17.1. The maximum absolute atomic E-state index is 14.4. The number of amides is 3. The molecule has 3 fully saturated rings. The van der Waals surface area contributed by atoms with Crippen molar-refractivity contribution in [1.29, 1.82) is 0 Å². The van der Waals surface area contributed by atoms with E-state index < -0.39 is 22.6 Å². The SMILES string of the molecule is C=CCN(C)C(=O)[C@H]1[C@@H]2SC3(CC2Br)C(C(=O)N(CC=C)c2cc(C)ccc2C)N(CCO)C(=O)[C@H]13. The predicted molar refractivity (Wildman–Crippen MR) is 147 cm³/mol. The Labute approximate surface area is 225 Å². The lowest BCUT2D eigenvalue weighted by Crippen LogP contribution is -2.56. The number of thioether (sulfide) groups is 1. The van der Waals surface area contributed by atoms with E-state index in [2.05, 4.69) is 29.1 Å². The Bertz CT molecular complexity index is 1100. The van der Waals surface area contributed by atoms with E-state index in [1.54, 1.807) is 40.8 Å². The summed E-state index contributed by atoms with van der Waals surface area (Å²) in [6.45, 7) is 12.0. The number of β-amino-alcohol motifs (C(OH)–C–C–N with tert-alkyl or cyclic N) is 1. The van der Waals surface area contributed by atoms with Gasteiger partial charge < -0.3 is 19.8 Å². The highest BCUT2D eigenvalue weighted by Crippen LogP contribution is 2.68. The summed E-state index contributed by atoms with van der Waals surface area (Å²) in [5, 5.41) is 9.75. The van der Waals surface area contributed by atoms with Crippen molar-refractivity contribution in [1.82, 2.24) is 9.80 Å². The molecule has 1 N–H and O–H groups in total. The van der Waals surface area contributed by atoms with Crippen LogP contribution in [-0.4, -0.2) is 86.8 Å². The maximum Gasteiger partial charge on any atom is 0.251 e. The van der Waals surface area contributed by atoms with Gasteiger partial charge in [0.1, 0.15) is 6.04 Å². The van der Waals surface area contributed by atoms with Crippen molar-refractivity contribution < 1.29 is 19.5 Å². The van der Waals surface area contributed by atoms with Gasteiger partial charge in [0, 0.05) is 42.4 Å². The first-order valence-electron chi connectivity index (χ1n) is 12.2. The van der Waals surface area contributed by atoms with Gasteiger partial charge in [-0.1, -0.05) is 40.2 Å². The maximum atomic E-state index is 14.4. The Morgan fingerprint density at radius 1 is 1.25 bits per heavy atom. The molecule has 0 saturated carbocycles. The highest BCUT2D eigenvalue weighted by molar-refractivity contribution is 9.09. The number of carbonyl (C=O) groups excluding carboxylic acids is 3. The smallest absolute Gasteiger partial charge is 0.251 e. The molecule has 3 unspecified atom stereocenters. The van der Waals surface area contributed by atoms with Crippen molar-refractivity contribution in [3.8, 4) is 0 Å². The Balaban J connectivity index is 1.81. The van der Waals surface area contributed by atoms with Gasteiger partial charge in [0.2, 0.25) is 11.8 Å². The van der Waals surface area contributed by atoms with Gasteiger partial charge in [-0.25, -0.2) is 0 Å². The summed E-state index contributed by atoms with van der Waals surface area (Å²) >= 11 is 5.38. The number of alkyl halides is 1. The summed E-state index contributed by atoms with van der Waals surface area (Å²) in [4.78, 5) is 46.7. The predicted octanol–water partition coefficient (Wildman–Crippen LogP) is 2.92.